The number of aromatic nitrogens is 2. The van der Waals surface area contributed by atoms with Gasteiger partial charge < -0.3 is 19.0 Å². The molecule has 3 rings (SSSR count). The van der Waals surface area contributed by atoms with Gasteiger partial charge in [-0.15, -0.1) is 0 Å². The van der Waals surface area contributed by atoms with E-state index >= 15 is 0 Å². The van der Waals surface area contributed by atoms with Gasteiger partial charge in [0.05, 0.1) is 10.5 Å². The van der Waals surface area contributed by atoms with E-state index in [0.29, 0.717) is 5.75 Å². The van der Waals surface area contributed by atoms with Crippen molar-refractivity contribution in [2.75, 3.05) is 20.5 Å². The Labute approximate surface area is 155 Å². The van der Waals surface area contributed by atoms with Crippen molar-refractivity contribution in [3.63, 3.8) is 0 Å². The second-order valence-corrected chi connectivity index (χ2v) is 6.87. The zero-order valence-electron chi connectivity index (χ0n) is 14.0. The van der Waals surface area contributed by atoms with E-state index in [1.165, 1.54) is 0 Å². The minimum Gasteiger partial charge on any atom is -0.467 e. The first-order valence-corrected chi connectivity index (χ1v) is 9.17. The number of benzene rings is 1. The SMILES string of the molecule is COCOc1cc(-c2c[nH]nc2C2CCCCO2)ccc1C(Br)C=O. The van der Waals surface area contributed by atoms with E-state index in [0.717, 1.165) is 54.5 Å². The second kappa shape index (κ2) is 8.60. The average Bonchev–Trinajstić information content (AvgIpc) is 3.16. The van der Waals surface area contributed by atoms with Crippen LogP contribution in [-0.4, -0.2) is 37.0 Å². The average molecular weight is 409 g/mol. The Balaban J connectivity index is 1.94. The molecule has 7 heteroatoms. The Bertz CT molecular complexity index is 713. The molecule has 134 valence electrons. The molecule has 0 spiro atoms. The molecule has 1 N–H and O–H groups in total. The number of alkyl halides is 1. The minimum absolute atomic E-state index is 0.0110. The lowest BCUT2D eigenvalue weighted by Gasteiger charge is -2.22. The summed E-state index contributed by atoms with van der Waals surface area (Å²) in [6, 6.07) is 5.75. The van der Waals surface area contributed by atoms with Crippen LogP contribution in [0.4, 0.5) is 0 Å². The van der Waals surface area contributed by atoms with Crippen molar-refractivity contribution >= 4 is 22.2 Å². The largest absolute Gasteiger partial charge is 0.467 e. The van der Waals surface area contributed by atoms with Crippen LogP contribution in [0, 0.1) is 0 Å². The van der Waals surface area contributed by atoms with Gasteiger partial charge >= 0.3 is 0 Å². The van der Waals surface area contributed by atoms with E-state index in [1.807, 2.05) is 24.4 Å². The Hall–Kier alpha value is -1.70. The van der Waals surface area contributed by atoms with E-state index in [2.05, 4.69) is 26.1 Å². The number of methoxy groups -OCH3 is 1. The predicted molar refractivity (Wildman–Crippen MR) is 96.8 cm³/mol. The maximum absolute atomic E-state index is 11.1. The summed E-state index contributed by atoms with van der Waals surface area (Å²) in [5.41, 5.74) is 3.61. The van der Waals surface area contributed by atoms with Crippen molar-refractivity contribution in [3.05, 3.63) is 35.7 Å². The maximum Gasteiger partial charge on any atom is 0.188 e. The molecule has 1 aromatic carbocycles. The van der Waals surface area contributed by atoms with Gasteiger partial charge in [0.2, 0.25) is 0 Å². The molecule has 1 aliphatic rings. The van der Waals surface area contributed by atoms with Gasteiger partial charge in [0.1, 0.15) is 18.1 Å². The number of carbonyl (C=O) groups is 1. The van der Waals surface area contributed by atoms with Gasteiger partial charge in [0.25, 0.3) is 0 Å². The molecule has 1 saturated heterocycles. The molecule has 1 aromatic heterocycles. The van der Waals surface area contributed by atoms with Crippen LogP contribution in [0.5, 0.6) is 5.75 Å². The number of hydrogen-bond acceptors (Lipinski definition) is 5. The molecule has 0 amide bonds. The van der Waals surface area contributed by atoms with Gasteiger partial charge in [-0.1, -0.05) is 28.1 Å². The van der Waals surface area contributed by atoms with Gasteiger partial charge in [-0.3, -0.25) is 5.10 Å². The number of aldehydes is 1. The molecule has 25 heavy (non-hydrogen) atoms. The predicted octanol–water partition coefficient (Wildman–Crippen LogP) is 3.94. The topological polar surface area (TPSA) is 73.4 Å². The summed E-state index contributed by atoms with van der Waals surface area (Å²) in [4.78, 5) is 10.7. The van der Waals surface area contributed by atoms with Crippen molar-refractivity contribution in [2.45, 2.75) is 30.2 Å². The molecule has 2 atom stereocenters. The van der Waals surface area contributed by atoms with Crippen molar-refractivity contribution in [1.29, 1.82) is 0 Å². The highest BCUT2D eigenvalue weighted by atomic mass is 79.9. The van der Waals surface area contributed by atoms with Crippen LogP contribution in [-0.2, 0) is 14.3 Å². The third kappa shape index (κ3) is 4.11. The van der Waals surface area contributed by atoms with Crippen molar-refractivity contribution in [3.8, 4) is 16.9 Å². The molecule has 0 bridgehead atoms. The first-order chi connectivity index (χ1) is 12.2. The summed E-state index contributed by atoms with van der Waals surface area (Å²) >= 11 is 3.35. The van der Waals surface area contributed by atoms with Gasteiger partial charge in [-0.2, -0.15) is 5.10 Å². The van der Waals surface area contributed by atoms with Crippen LogP contribution in [0.15, 0.2) is 24.4 Å². The fourth-order valence-corrected chi connectivity index (χ4v) is 3.36. The van der Waals surface area contributed by atoms with Crippen LogP contribution in [0.1, 0.15) is 41.5 Å². The fraction of sp³-hybridized carbons (Fsp3) is 0.444. The Morgan fingerprint density at radius 2 is 2.36 bits per heavy atom. The number of carbonyl (C=O) groups excluding carboxylic acids is 1. The van der Waals surface area contributed by atoms with Crippen molar-refractivity contribution in [1.82, 2.24) is 10.2 Å². The zero-order chi connectivity index (χ0) is 17.6. The molecule has 6 nitrogen and oxygen atoms in total. The van der Waals surface area contributed by atoms with Gasteiger partial charge in [-0.05, 0) is 30.9 Å². The van der Waals surface area contributed by atoms with Crippen LogP contribution in [0.2, 0.25) is 0 Å². The summed E-state index contributed by atoms with van der Waals surface area (Å²) in [5.74, 6) is 0.602. The number of halogens is 1. The third-order valence-corrected chi connectivity index (χ3v) is 4.94. The second-order valence-electron chi connectivity index (χ2n) is 5.88. The standard InChI is InChI=1S/C18H21BrN2O4/c1-23-11-25-17-8-12(5-6-13(17)15(19)10-22)14-9-20-21-18(14)16-4-2-3-7-24-16/h5-6,8-10,15-16H,2-4,7,11H2,1H3,(H,20,21). The van der Waals surface area contributed by atoms with E-state index in [4.69, 9.17) is 14.2 Å². The fourth-order valence-electron chi connectivity index (χ4n) is 2.98. The van der Waals surface area contributed by atoms with Crippen molar-refractivity contribution < 1.29 is 19.0 Å². The molecule has 2 aromatic rings. The molecule has 2 unspecified atom stereocenters. The monoisotopic (exact) mass is 408 g/mol. The number of nitrogens with one attached hydrogen (secondary N) is 1. The Kier molecular flexibility index (Phi) is 6.23. The Morgan fingerprint density at radius 3 is 3.08 bits per heavy atom. The van der Waals surface area contributed by atoms with Crippen molar-refractivity contribution in [2.24, 2.45) is 0 Å². The number of nitrogens with zero attached hydrogens (tertiary/aromatic N) is 1. The quantitative estimate of drug-likeness (QED) is 0.426. The molecular weight excluding hydrogens is 388 g/mol. The number of ether oxygens (including phenoxy) is 3. The number of H-pyrrole nitrogens is 1. The Morgan fingerprint density at radius 1 is 1.48 bits per heavy atom. The van der Waals surface area contributed by atoms with Gasteiger partial charge in [0.15, 0.2) is 6.79 Å². The zero-order valence-corrected chi connectivity index (χ0v) is 15.6. The third-order valence-electron chi connectivity index (χ3n) is 4.23. The first-order valence-electron chi connectivity index (χ1n) is 8.25. The summed E-state index contributed by atoms with van der Waals surface area (Å²) in [5, 5.41) is 7.35. The highest BCUT2D eigenvalue weighted by molar-refractivity contribution is 9.09. The molecule has 1 aliphatic heterocycles. The number of aromatic amines is 1. The molecule has 0 aliphatic carbocycles. The number of rotatable bonds is 7. The summed E-state index contributed by atoms with van der Waals surface area (Å²) in [6.07, 6.45) is 5.91. The first kappa shape index (κ1) is 18.1. The molecule has 2 heterocycles. The maximum atomic E-state index is 11.1. The van der Waals surface area contributed by atoms with Crippen LogP contribution < -0.4 is 4.74 Å². The lowest BCUT2D eigenvalue weighted by Crippen LogP contribution is -2.12. The summed E-state index contributed by atoms with van der Waals surface area (Å²) in [6.45, 7) is 0.877. The van der Waals surface area contributed by atoms with Crippen LogP contribution in [0.3, 0.4) is 0 Å². The van der Waals surface area contributed by atoms with Crippen LogP contribution in [0.25, 0.3) is 11.1 Å². The van der Waals surface area contributed by atoms with Gasteiger partial charge in [-0.25, -0.2) is 0 Å². The summed E-state index contributed by atoms with van der Waals surface area (Å²) in [7, 11) is 1.56. The molecule has 0 radical (unpaired) electrons. The van der Waals surface area contributed by atoms with E-state index in [1.54, 1.807) is 7.11 Å². The molecular formula is C18H21BrN2O4. The number of hydrogen-bond donors (Lipinski definition) is 1. The summed E-state index contributed by atoms with van der Waals surface area (Å²) < 4.78 is 16.5. The van der Waals surface area contributed by atoms with Gasteiger partial charge in [0, 0.05) is 31.0 Å². The normalized spacial score (nSPS) is 18.7. The highest BCUT2D eigenvalue weighted by Crippen LogP contribution is 2.37. The highest BCUT2D eigenvalue weighted by Gasteiger charge is 2.23. The van der Waals surface area contributed by atoms with Crippen LogP contribution >= 0.6 is 15.9 Å². The lowest BCUT2D eigenvalue weighted by molar-refractivity contribution is -0.107. The van der Waals surface area contributed by atoms with E-state index in [9.17, 15) is 4.79 Å². The smallest absolute Gasteiger partial charge is 0.188 e. The molecule has 1 fully saturated rings. The van der Waals surface area contributed by atoms with E-state index in [-0.39, 0.29) is 12.9 Å². The van der Waals surface area contributed by atoms with E-state index < -0.39 is 4.83 Å². The minimum atomic E-state index is -0.432. The molecule has 0 saturated carbocycles. The lowest BCUT2D eigenvalue weighted by atomic mass is 9.97.